The summed E-state index contributed by atoms with van der Waals surface area (Å²) in [5.41, 5.74) is -0.111. The molecule has 1 heterocycles. The molecule has 0 saturated carbocycles. The van der Waals surface area contributed by atoms with Crippen LogP contribution in [0.1, 0.15) is 5.56 Å². The predicted octanol–water partition coefficient (Wildman–Crippen LogP) is 0.393. The van der Waals surface area contributed by atoms with Gasteiger partial charge in [-0.25, -0.2) is 0 Å². The number of morpholine rings is 1. The lowest BCUT2D eigenvalue weighted by atomic mass is 10.2. The maximum atomic E-state index is 11.9. The van der Waals surface area contributed by atoms with Gasteiger partial charge >= 0.3 is 0 Å². The van der Waals surface area contributed by atoms with Gasteiger partial charge in [0.05, 0.1) is 23.2 Å². The van der Waals surface area contributed by atoms with Gasteiger partial charge in [0.1, 0.15) is 11.8 Å². The molecule has 1 amide bonds. The molecule has 1 aliphatic heterocycles. The summed E-state index contributed by atoms with van der Waals surface area (Å²) in [5.74, 6) is -0.454. The highest BCUT2D eigenvalue weighted by Crippen LogP contribution is 2.25. The summed E-state index contributed by atoms with van der Waals surface area (Å²) in [6, 6.07) is 5.68. The molecule has 8 nitrogen and oxygen atoms in total. The lowest BCUT2D eigenvalue weighted by Gasteiger charge is -2.22. The number of carbonyl (C=O) groups is 1. The summed E-state index contributed by atoms with van der Waals surface area (Å²) in [5, 5.41) is 25.1. The molecule has 1 aromatic rings. The number of hydrogen-bond donors (Lipinski definition) is 2. The topological polar surface area (TPSA) is 117 Å². The van der Waals surface area contributed by atoms with E-state index in [1.54, 1.807) is 0 Å². The molecule has 1 aromatic carbocycles. The SMILES string of the molecule is N#Cc1ccc(NC(=O)C2CNCCO2)c([N+](=O)[O-])c1. The molecule has 0 aromatic heterocycles. The zero-order valence-electron chi connectivity index (χ0n) is 10.5. The third kappa shape index (κ3) is 3.09. The number of ether oxygens (including phenoxy) is 1. The van der Waals surface area contributed by atoms with Crippen LogP contribution in [0.25, 0.3) is 0 Å². The van der Waals surface area contributed by atoms with Gasteiger partial charge in [0, 0.05) is 19.2 Å². The first-order chi connectivity index (χ1) is 9.61. The van der Waals surface area contributed by atoms with Gasteiger partial charge in [-0.05, 0) is 12.1 Å². The van der Waals surface area contributed by atoms with Crippen LogP contribution >= 0.6 is 0 Å². The minimum absolute atomic E-state index is 0.0492. The van der Waals surface area contributed by atoms with Crippen molar-refractivity contribution in [3.05, 3.63) is 33.9 Å². The molecule has 0 radical (unpaired) electrons. The van der Waals surface area contributed by atoms with Crippen LogP contribution in [0.5, 0.6) is 0 Å². The first-order valence-electron chi connectivity index (χ1n) is 5.93. The Morgan fingerprint density at radius 3 is 3.00 bits per heavy atom. The Kier molecular flexibility index (Phi) is 4.24. The predicted molar refractivity (Wildman–Crippen MR) is 69.1 cm³/mol. The molecule has 1 unspecified atom stereocenters. The van der Waals surface area contributed by atoms with Crippen molar-refractivity contribution in [1.29, 1.82) is 5.26 Å². The summed E-state index contributed by atoms with van der Waals surface area (Å²) in [4.78, 5) is 22.2. The number of nitriles is 1. The van der Waals surface area contributed by atoms with Crippen LogP contribution in [0, 0.1) is 21.4 Å². The van der Waals surface area contributed by atoms with Gasteiger partial charge in [0.2, 0.25) is 0 Å². The quantitative estimate of drug-likeness (QED) is 0.609. The van der Waals surface area contributed by atoms with Gasteiger partial charge in [-0.1, -0.05) is 0 Å². The summed E-state index contributed by atoms with van der Waals surface area (Å²) in [7, 11) is 0. The molecular weight excluding hydrogens is 264 g/mol. The zero-order chi connectivity index (χ0) is 14.5. The largest absolute Gasteiger partial charge is 0.366 e. The Balaban J connectivity index is 2.18. The Morgan fingerprint density at radius 1 is 1.60 bits per heavy atom. The van der Waals surface area contributed by atoms with Crippen LogP contribution in [0.2, 0.25) is 0 Å². The second kappa shape index (κ2) is 6.10. The van der Waals surface area contributed by atoms with Crippen LogP contribution < -0.4 is 10.6 Å². The number of nitro groups is 1. The maximum Gasteiger partial charge on any atom is 0.294 e. The first kappa shape index (κ1) is 13.9. The Hall–Kier alpha value is -2.50. The molecule has 1 aliphatic rings. The van der Waals surface area contributed by atoms with Crippen molar-refractivity contribution in [3.8, 4) is 6.07 Å². The Bertz CT molecular complexity index is 575. The molecule has 0 spiro atoms. The molecule has 2 rings (SSSR count). The Morgan fingerprint density at radius 2 is 2.40 bits per heavy atom. The van der Waals surface area contributed by atoms with Crippen molar-refractivity contribution in [3.63, 3.8) is 0 Å². The van der Waals surface area contributed by atoms with Crippen LogP contribution in [0.3, 0.4) is 0 Å². The number of nitrogens with zero attached hydrogens (tertiary/aromatic N) is 2. The number of rotatable bonds is 3. The maximum absolute atomic E-state index is 11.9. The van der Waals surface area contributed by atoms with Crippen LogP contribution in [0.15, 0.2) is 18.2 Å². The van der Waals surface area contributed by atoms with Gasteiger partial charge in [0.25, 0.3) is 11.6 Å². The van der Waals surface area contributed by atoms with Crippen molar-refractivity contribution in [2.45, 2.75) is 6.10 Å². The van der Waals surface area contributed by atoms with E-state index < -0.39 is 16.9 Å². The second-order valence-corrected chi connectivity index (χ2v) is 4.15. The van der Waals surface area contributed by atoms with Crippen LogP contribution in [-0.2, 0) is 9.53 Å². The number of carbonyl (C=O) groups excluding carboxylic acids is 1. The van der Waals surface area contributed by atoms with Crippen LogP contribution in [-0.4, -0.2) is 36.6 Å². The smallest absolute Gasteiger partial charge is 0.294 e. The number of nitro benzene ring substituents is 1. The van der Waals surface area contributed by atoms with E-state index in [1.807, 2.05) is 6.07 Å². The molecule has 1 fully saturated rings. The fourth-order valence-electron chi connectivity index (χ4n) is 1.80. The van der Waals surface area contributed by atoms with Crippen molar-refractivity contribution >= 4 is 17.3 Å². The summed E-state index contributed by atoms with van der Waals surface area (Å²) >= 11 is 0. The second-order valence-electron chi connectivity index (χ2n) is 4.15. The third-order valence-corrected chi connectivity index (χ3v) is 2.80. The number of anilines is 1. The number of hydrogen-bond acceptors (Lipinski definition) is 6. The summed E-state index contributed by atoms with van der Waals surface area (Å²) in [6.45, 7) is 1.43. The highest BCUT2D eigenvalue weighted by atomic mass is 16.6. The Labute approximate surface area is 114 Å². The van der Waals surface area contributed by atoms with Gasteiger partial charge in [-0.2, -0.15) is 5.26 Å². The average molecular weight is 276 g/mol. The average Bonchev–Trinajstić information content (AvgIpc) is 2.48. The van der Waals surface area contributed by atoms with Gasteiger partial charge in [-0.15, -0.1) is 0 Å². The van der Waals surface area contributed by atoms with Gasteiger partial charge < -0.3 is 15.4 Å². The van der Waals surface area contributed by atoms with Crippen molar-refractivity contribution < 1.29 is 14.5 Å². The molecular formula is C12H12N4O4. The number of benzene rings is 1. The molecule has 20 heavy (non-hydrogen) atoms. The monoisotopic (exact) mass is 276 g/mol. The van der Waals surface area contributed by atoms with E-state index >= 15 is 0 Å². The van der Waals surface area contributed by atoms with E-state index in [2.05, 4.69) is 10.6 Å². The molecule has 2 N–H and O–H groups in total. The lowest BCUT2D eigenvalue weighted by molar-refractivity contribution is -0.384. The van der Waals surface area contributed by atoms with E-state index in [-0.39, 0.29) is 16.9 Å². The third-order valence-electron chi connectivity index (χ3n) is 2.80. The van der Waals surface area contributed by atoms with Crippen molar-refractivity contribution in [1.82, 2.24) is 5.32 Å². The van der Waals surface area contributed by atoms with Crippen molar-refractivity contribution in [2.24, 2.45) is 0 Å². The van der Waals surface area contributed by atoms with Gasteiger partial charge in [-0.3, -0.25) is 14.9 Å². The zero-order valence-corrected chi connectivity index (χ0v) is 10.5. The van der Waals surface area contributed by atoms with E-state index in [0.29, 0.717) is 19.7 Å². The minimum Gasteiger partial charge on any atom is -0.366 e. The number of nitrogens with one attached hydrogen (secondary N) is 2. The first-order valence-corrected chi connectivity index (χ1v) is 5.93. The molecule has 8 heteroatoms. The number of amides is 1. The molecule has 0 aliphatic carbocycles. The van der Waals surface area contributed by atoms with Crippen LogP contribution in [0.4, 0.5) is 11.4 Å². The summed E-state index contributed by atoms with van der Waals surface area (Å²) < 4.78 is 5.26. The highest BCUT2D eigenvalue weighted by molar-refractivity contribution is 5.96. The minimum atomic E-state index is -0.681. The van der Waals surface area contributed by atoms with Gasteiger partial charge in [0.15, 0.2) is 0 Å². The standard InChI is InChI=1S/C12H12N4O4/c13-6-8-1-2-9(10(5-8)16(18)19)15-12(17)11-7-14-3-4-20-11/h1-2,5,11,14H,3-4,7H2,(H,15,17). The fourth-order valence-corrected chi connectivity index (χ4v) is 1.80. The fraction of sp³-hybridized carbons (Fsp3) is 0.333. The lowest BCUT2D eigenvalue weighted by Crippen LogP contribution is -2.45. The molecule has 1 atom stereocenters. The van der Waals surface area contributed by atoms with Crippen molar-refractivity contribution in [2.75, 3.05) is 25.0 Å². The summed E-state index contributed by atoms with van der Waals surface area (Å²) in [6.07, 6.45) is -0.681. The normalized spacial score (nSPS) is 18.1. The van der Waals surface area contributed by atoms with E-state index in [4.69, 9.17) is 10.00 Å². The molecule has 104 valence electrons. The highest BCUT2D eigenvalue weighted by Gasteiger charge is 2.24. The van der Waals surface area contributed by atoms with E-state index in [0.717, 1.165) is 6.07 Å². The molecule has 0 bridgehead atoms. The van der Waals surface area contributed by atoms with E-state index in [1.165, 1.54) is 12.1 Å². The van der Waals surface area contributed by atoms with E-state index in [9.17, 15) is 14.9 Å². The molecule has 1 saturated heterocycles.